The van der Waals surface area contributed by atoms with Crippen LogP contribution in [0.1, 0.15) is 11.6 Å². The number of halogens is 1. The molecule has 0 aliphatic carbocycles. The van der Waals surface area contributed by atoms with Gasteiger partial charge in [0.1, 0.15) is 5.82 Å². The van der Waals surface area contributed by atoms with E-state index in [1.807, 2.05) is 35.0 Å². The third-order valence-corrected chi connectivity index (χ3v) is 3.26. The molecule has 96 valence electrons. The van der Waals surface area contributed by atoms with E-state index in [4.69, 9.17) is 5.73 Å². The fourth-order valence-electron chi connectivity index (χ4n) is 2.33. The molecule has 4 heteroatoms. The SMILES string of the molecule is NCC(c1cccc(F)c1)n1ncc2ccccc21. The van der Waals surface area contributed by atoms with Crippen molar-refractivity contribution < 1.29 is 4.39 Å². The summed E-state index contributed by atoms with van der Waals surface area (Å²) in [6.07, 6.45) is 1.80. The third-order valence-electron chi connectivity index (χ3n) is 3.26. The van der Waals surface area contributed by atoms with E-state index in [9.17, 15) is 4.39 Å². The fraction of sp³-hybridized carbons (Fsp3) is 0.133. The van der Waals surface area contributed by atoms with Crippen LogP contribution in [0.25, 0.3) is 10.9 Å². The maximum atomic E-state index is 13.3. The van der Waals surface area contributed by atoms with Gasteiger partial charge in [0.25, 0.3) is 0 Å². The molecule has 1 heterocycles. The Balaban J connectivity index is 2.12. The van der Waals surface area contributed by atoms with Crippen molar-refractivity contribution in [2.24, 2.45) is 5.73 Å². The number of nitrogens with two attached hydrogens (primary N) is 1. The number of benzene rings is 2. The van der Waals surface area contributed by atoms with E-state index in [2.05, 4.69) is 5.10 Å². The summed E-state index contributed by atoms with van der Waals surface area (Å²) < 4.78 is 15.2. The van der Waals surface area contributed by atoms with Crippen molar-refractivity contribution in [3.05, 3.63) is 66.1 Å². The van der Waals surface area contributed by atoms with Crippen molar-refractivity contribution in [1.82, 2.24) is 9.78 Å². The van der Waals surface area contributed by atoms with Gasteiger partial charge in [-0.3, -0.25) is 4.68 Å². The molecule has 0 aliphatic heterocycles. The molecular weight excluding hydrogens is 241 g/mol. The number of hydrogen-bond acceptors (Lipinski definition) is 2. The summed E-state index contributed by atoms with van der Waals surface area (Å²) in [7, 11) is 0. The lowest BCUT2D eigenvalue weighted by atomic mass is 10.1. The largest absolute Gasteiger partial charge is 0.328 e. The van der Waals surface area contributed by atoms with Crippen molar-refractivity contribution in [1.29, 1.82) is 0 Å². The van der Waals surface area contributed by atoms with Gasteiger partial charge in [-0.15, -0.1) is 0 Å². The molecule has 1 unspecified atom stereocenters. The normalized spacial score (nSPS) is 12.7. The molecule has 0 saturated carbocycles. The van der Waals surface area contributed by atoms with E-state index in [0.717, 1.165) is 16.5 Å². The lowest BCUT2D eigenvalue weighted by Crippen LogP contribution is -2.21. The molecular formula is C15H14FN3. The second kappa shape index (κ2) is 4.82. The first-order chi connectivity index (χ1) is 9.29. The smallest absolute Gasteiger partial charge is 0.123 e. The molecule has 1 aromatic heterocycles. The van der Waals surface area contributed by atoms with Gasteiger partial charge in [-0.1, -0.05) is 30.3 Å². The predicted molar refractivity (Wildman–Crippen MR) is 73.3 cm³/mol. The van der Waals surface area contributed by atoms with E-state index in [1.165, 1.54) is 12.1 Å². The average Bonchev–Trinajstić information content (AvgIpc) is 2.84. The maximum Gasteiger partial charge on any atom is 0.123 e. The first-order valence-electron chi connectivity index (χ1n) is 6.17. The van der Waals surface area contributed by atoms with Crippen LogP contribution in [0.3, 0.4) is 0 Å². The molecule has 0 amide bonds. The van der Waals surface area contributed by atoms with E-state index >= 15 is 0 Å². The molecule has 0 saturated heterocycles. The molecule has 2 N–H and O–H groups in total. The Bertz CT molecular complexity index is 705. The molecule has 3 nitrogen and oxygen atoms in total. The molecule has 3 aromatic rings. The first kappa shape index (κ1) is 11.9. The summed E-state index contributed by atoms with van der Waals surface area (Å²) in [5, 5.41) is 5.44. The number of aromatic nitrogens is 2. The van der Waals surface area contributed by atoms with Crippen molar-refractivity contribution in [3.63, 3.8) is 0 Å². The highest BCUT2D eigenvalue weighted by atomic mass is 19.1. The van der Waals surface area contributed by atoms with Crippen LogP contribution in [0.4, 0.5) is 4.39 Å². The minimum absolute atomic E-state index is 0.157. The minimum atomic E-state index is -0.257. The van der Waals surface area contributed by atoms with Gasteiger partial charge in [-0.25, -0.2) is 4.39 Å². The predicted octanol–water partition coefficient (Wildman–Crippen LogP) is 2.72. The fourth-order valence-corrected chi connectivity index (χ4v) is 2.33. The van der Waals surface area contributed by atoms with Gasteiger partial charge in [0.2, 0.25) is 0 Å². The van der Waals surface area contributed by atoms with Crippen molar-refractivity contribution in [3.8, 4) is 0 Å². The first-order valence-corrected chi connectivity index (χ1v) is 6.17. The Morgan fingerprint density at radius 3 is 2.79 bits per heavy atom. The van der Waals surface area contributed by atoms with Crippen molar-refractivity contribution >= 4 is 10.9 Å². The highest BCUT2D eigenvalue weighted by molar-refractivity contribution is 5.78. The van der Waals surface area contributed by atoms with Gasteiger partial charge >= 0.3 is 0 Å². The Kier molecular flexibility index (Phi) is 3.01. The quantitative estimate of drug-likeness (QED) is 0.782. The van der Waals surface area contributed by atoms with Gasteiger partial charge in [-0.05, 0) is 23.8 Å². The van der Waals surface area contributed by atoms with E-state index in [-0.39, 0.29) is 11.9 Å². The van der Waals surface area contributed by atoms with Gasteiger partial charge < -0.3 is 5.73 Å². The Morgan fingerprint density at radius 1 is 1.16 bits per heavy atom. The standard InChI is InChI=1S/C15H14FN3/c16-13-6-3-5-11(8-13)15(9-17)19-14-7-2-1-4-12(14)10-18-19/h1-8,10,15H,9,17H2. The van der Waals surface area contributed by atoms with Crippen molar-refractivity contribution in [2.75, 3.05) is 6.54 Å². The summed E-state index contributed by atoms with van der Waals surface area (Å²) in [6, 6.07) is 14.3. The summed E-state index contributed by atoms with van der Waals surface area (Å²) in [5.41, 5.74) is 7.69. The zero-order chi connectivity index (χ0) is 13.2. The van der Waals surface area contributed by atoms with Crippen LogP contribution < -0.4 is 5.73 Å². The van der Waals surface area contributed by atoms with Gasteiger partial charge in [-0.2, -0.15) is 5.10 Å². The zero-order valence-electron chi connectivity index (χ0n) is 10.3. The molecule has 0 fully saturated rings. The zero-order valence-corrected chi connectivity index (χ0v) is 10.3. The molecule has 0 spiro atoms. The summed E-state index contributed by atoms with van der Waals surface area (Å²) >= 11 is 0. The van der Waals surface area contributed by atoms with Crippen LogP contribution in [-0.2, 0) is 0 Å². The van der Waals surface area contributed by atoms with Crippen LogP contribution in [0.2, 0.25) is 0 Å². The monoisotopic (exact) mass is 255 g/mol. The molecule has 1 atom stereocenters. The van der Waals surface area contributed by atoms with Crippen LogP contribution in [0, 0.1) is 5.82 Å². The summed E-state index contributed by atoms with van der Waals surface area (Å²) in [4.78, 5) is 0. The van der Waals surface area contributed by atoms with Crippen LogP contribution in [0.5, 0.6) is 0 Å². The number of para-hydroxylation sites is 1. The number of hydrogen-bond donors (Lipinski definition) is 1. The van der Waals surface area contributed by atoms with E-state index < -0.39 is 0 Å². The Hall–Kier alpha value is -2.20. The van der Waals surface area contributed by atoms with Crippen molar-refractivity contribution in [2.45, 2.75) is 6.04 Å². The molecule has 2 aromatic carbocycles. The third kappa shape index (κ3) is 2.11. The number of rotatable bonds is 3. The molecule has 0 radical (unpaired) electrons. The maximum absolute atomic E-state index is 13.3. The van der Waals surface area contributed by atoms with Crippen LogP contribution in [0.15, 0.2) is 54.7 Å². The second-order valence-electron chi connectivity index (χ2n) is 4.45. The van der Waals surface area contributed by atoms with Gasteiger partial charge in [0, 0.05) is 11.9 Å². The molecule has 19 heavy (non-hydrogen) atoms. The molecule has 0 aliphatic rings. The number of nitrogens with zero attached hydrogens (tertiary/aromatic N) is 2. The number of fused-ring (bicyclic) bond motifs is 1. The van der Waals surface area contributed by atoms with Gasteiger partial charge in [0.15, 0.2) is 0 Å². The Labute approximate surface area is 110 Å². The topological polar surface area (TPSA) is 43.8 Å². The minimum Gasteiger partial charge on any atom is -0.328 e. The summed E-state index contributed by atoms with van der Waals surface area (Å²) in [5.74, 6) is -0.257. The second-order valence-corrected chi connectivity index (χ2v) is 4.45. The lowest BCUT2D eigenvalue weighted by Gasteiger charge is -2.17. The summed E-state index contributed by atoms with van der Waals surface area (Å²) in [6.45, 7) is 0.370. The highest BCUT2D eigenvalue weighted by Gasteiger charge is 2.15. The average molecular weight is 255 g/mol. The van der Waals surface area contributed by atoms with Crippen LogP contribution in [-0.4, -0.2) is 16.3 Å². The van der Waals surface area contributed by atoms with Gasteiger partial charge in [0.05, 0.1) is 17.8 Å². The Morgan fingerprint density at radius 2 is 2.00 bits per heavy atom. The van der Waals surface area contributed by atoms with E-state index in [0.29, 0.717) is 6.54 Å². The lowest BCUT2D eigenvalue weighted by molar-refractivity contribution is 0.542. The highest BCUT2D eigenvalue weighted by Crippen LogP contribution is 2.23. The van der Waals surface area contributed by atoms with Crippen LogP contribution >= 0.6 is 0 Å². The molecule has 0 bridgehead atoms. The van der Waals surface area contributed by atoms with E-state index in [1.54, 1.807) is 12.3 Å². The molecule has 3 rings (SSSR count).